The molecule has 0 fully saturated rings. The summed E-state index contributed by atoms with van der Waals surface area (Å²) >= 11 is 0. The number of rotatable bonds is 5. The molecule has 0 aliphatic heterocycles. The van der Waals surface area contributed by atoms with Crippen LogP contribution in [0.25, 0.3) is 11.3 Å². The van der Waals surface area contributed by atoms with E-state index in [1.165, 1.54) is 23.1 Å². The Balaban J connectivity index is 1.80. The number of ether oxygens (including phenoxy) is 1. The maximum Gasteiger partial charge on any atom is 0.413 e. The van der Waals surface area contributed by atoms with Crippen LogP contribution in [0.3, 0.4) is 0 Å². The van der Waals surface area contributed by atoms with Crippen molar-refractivity contribution in [1.29, 1.82) is 0 Å². The van der Waals surface area contributed by atoms with E-state index in [0.717, 1.165) is 0 Å². The summed E-state index contributed by atoms with van der Waals surface area (Å²) in [5.74, 6) is -1.03. The summed E-state index contributed by atoms with van der Waals surface area (Å²) in [6, 6.07) is 8.20. The minimum absolute atomic E-state index is 0.0519. The van der Waals surface area contributed by atoms with Crippen LogP contribution in [-0.2, 0) is 11.8 Å². The van der Waals surface area contributed by atoms with Gasteiger partial charge in [-0.25, -0.2) is 14.8 Å². The number of hydrogen-bond acceptors (Lipinski definition) is 7. The number of amides is 3. The zero-order valence-electron chi connectivity index (χ0n) is 18.0. The molecule has 0 radical (unpaired) electrons. The van der Waals surface area contributed by atoms with Crippen LogP contribution in [0.15, 0.2) is 42.7 Å². The molecular weight excluding hydrogens is 414 g/mol. The number of carbonyl (C=O) groups is 3. The maximum absolute atomic E-state index is 12.7. The Labute approximate surface area is 184 Å². The van der Waals surface area contributed by atoms with E-state index in [4.69, 9.17) is 10.5 Å². The first-order valence-electron chi connectivity index (χ1n) is 9.60. The molecule has 0 saturated carbocycles. The van der Waals surface area contributed by atoms with Gasteiger partial charge in [0.2, 0.25) is 0 Å². The van der Waals surface area contributed by atoms with Gasteiger partial charge in [0.25, 0.3) is 11.8 Å². The summed E-state index contributed by atoms with van der Waals surface area (Å²) in [4.78, 5) is 44.7. The zero-order valence-corrected chi connectivity index (χ0v) is 18.0. The van der Waals surface area contributed by atoms with Crippen LogP contribution in [0.5, 0.6) is 0 Å². The number of nitrogens with one attached hydrogen (secondary N) is 2. The number of pyridine rings is 2. The van der Waals surface area contributed by atoms with Gasteiger partial charge in [0.15, 0.2) is 5.69 Å². The molecule has 0 unspecified atom stereocenters. The first kappa shape index (κ1) is 22.4. The number of aryl methyl sites for hydroxylation is 1. The van der Waals surface area contributed by atoms with Crippen molar-refractivity contribution in [1.82, 2.24) is 19.7 Å². The quantitative estimate of drug-likeness (QED) is 0.554. The smallest absolute Gasteiger partial charge is 0.413 e. The molecule has 4 N–H and O–H groups in total. The van der Waals surface area contributed by atoms with Crippen molar-refractivity contribution in [2.75, 3.05) is 10.6 Å². The Kier molecular flexibility index (Phi) is 6.19. The lowest BCUT2D eigenvalue weighted by atomic mass is 10.1. The SMILES string of the molecule is Cn1cc(NC(=O)c2cccc(-c3ccnc(NC(=O)OC(C)(C)C)c3)n2)c(C(N)=O)n1. The van der Waals surface area contributed by atoms with E-state index in [2.05, 4.69) is 25.7 Å². The van der Waals surface area contributed by atoms with Crippen molar-refractivity contribution in [2.45, 2.75) is 26.4 Å². The zero-order chi connectivity index (χ0) is 23.5. The Hall–Kier alpha value is -4.28. The van der Waals surface area contributed by atoms with Gasteiger partial charge < -0.3 is 15.8 Å². The van der Waals surface area contributed by atoms with E-state index in [0.29, 0.717) is 11.3 Å². The molecule has 0 atom stereocenters. The molecule has 3 rings (SSSR count). The van der Waals surface area contributed by atoms with E-state index in [9.17, 15) is 14.4 Å². The first-order valence-corrected chi connectivity index (χ1v) is 9.60. The molecule has 166 valence electrons. The maximum atomic E-state index is 12.7. The van der Waals surface area contributed by atoms with Gasteiger partial charge in [-0.05, 0) is 45.0 Å². The average molecular weight is 437 g/mol. The van der Waals surface area contributed by atoms with Gasteiger partial charge in [0.05, 0.1) is 11.4 Å². The predicted molar refractivity (Wildman–Crippen MR) is 117 cm³/mol. The molecule has 0 saturated heterocycles. The highest BCUT2D eigenvalue weighted by molar-refractivity contribution is 6.07. The van der Waals surface area contributed by atoms with Crippen LogP contribution in [0.1, 0.15) is 41.7 Å². The van der Waals surface area contributed by atoms with Gasteiger partial charge >= 0.3 is 6.09 Å². The fourth-order valence-electron chi connectivity index (χ4n) is 2.74. The monoisotopic (exact) mass is 437 g/mol. The van der Waals surface area contributed by atoms with E-state index in [1.807, 2.05) is 0 Å². The third-order valence-electron chi connectivity index (χ3n) is 3.98. The van der Waals surface area contributed by atoms with Crippen molar-refractivity contribution >= 4 is 29.4 Å². The molecule has 3 aromatic rings. The van der Waals surface area contributed by atoms with Crippen LogP contribution in [0, 0.1) is 0 Å². The van der Waals surface area contributed by atoms with Crippen molar-refractivity contribution in [3.05, 3.63) is 54.1 Å². The third kappa shape index (κ3) is 5.65. The van der Waals surface area contributed by atoms with Crippen LogP contribution in [-0.4, -0.2) is 43.3 Å². The molecular formula is C21H23N7O4. The summed E-state index contributed by atoms with van der Waals surface area (Å²) in [6.45, 7) is 5.28. The number of carbonyl (C=O) groups excluding carboxylic acids is 3. The van der Waals surface area contributed by atoms with Gasteiger partial charge in [0.1, 0.15) is 17.1 Å². The molecule has 0 bridgehead atoms. The number of hydrogen-bond donors (Lipinski definition) is 3. The molecule has 32 heavy (non-hydrogen) atoms. The summed E-state index contributed by atoms with van der Waals surface area (Å²) in [5, 5.41) is 9.09. The molecule has 3 aromatic heterocycles. The highest BCUT2D eigenvalue weighted by Gasteiger charge is 2.18. The van der Waals surface area contributed by atoms with Crippen molar-refractivity contribution < 1.29 is 19.1 Å². The van der Waals surface area contributed by atoms with Gasteiger partial charge in [0, 0.05) is 25.0 Å². The molecule has 3 amide bonds. The largest absolute Gasteiger partial charge is 0.444 e. The van der Waals surface area contributed by atoms with Gasteiger partial charge in [-0.15, -0.1) is 0 Å². The first-order chi connectivity index (χ1) is 15.0. The summed E-state index contributed by atoms with van der Waals surface area (Å²) < 4.78 is 6.59. The van der Waals surface area contributed by atoms with Crippen LogP contribution in [0.4, 0.5) is 16.3 Å². The van der Waals surface area contributed by atoms with Gasteiger partial charge in [-0.2, -0.15) is 5.10 Å². The molecule has 0 spiro atoms. The highest BCUT2D eigenvalue weighted by atomic mass is 16.6. The van der Waals surface area contributed by atoms with E-state index < -0.39 is 23.5 Å². The third-order valence-corrected chi connectivity index (χ3v) is 3.98. The summed E-state index contributed by atoms with van der Waals surface area (Å²) in [6.07, 6.45) is 2.34. The second-order valence-corrected chi connectivity index (χ2v) is 7.85. The number of primary amides is 1. The Bertz CT molecular complexity index is 1180. The minimum atomic E-state index is -0.760. The van der Waals surface area contributed by atoms with E-state index >= 15 is 0 Å². The van der Waals surface area contributed by atoms with Crippen molar-refractivity contribution in [2.24, 2.45) is 12.8 Å². The molecule has 0 aliphatic rings. The van der Waals surface area contributed by atoms with Crippen LogP contribution in [0.2, 0.25) is 0 Å². The number of nitrogens with two attached hydrogens (primary N) is 1. The number of aromatic nitrogens is 4. The van der Waals surface area contributed by atoms with E-state index in [-0.39, 0.29) is 22.9 Å². The fraction of sp³-hybridized carbons (Fsp3) is 0.238. The standard InChI is InChI=1S/C21H23N7O4/c1-21(2,3)32-20(31)26-16-10-12(8-9-23-16)13-6-5-7-14(24-13)19(30)25-15-11-28(4)27-17(15)18(22)29/h5-11H,1-4H3,(H2,22,29)(H,25,30)(H,23,26,31). The topological polar surface area (TPSA) is 154 Å². The molecule has 11 heteroatoms. The Morgan fingerprint density at radius 2 is 1.88 bits per heavy atom. The fourth-order valence-corrected chi connectivity index (χ4v) is 2.74. The molecule has 0 aromatic carbocycles. The second kappa shape index (κ2) is 8.84. The molecule has 11 nitrogen and oxygen atoms in total. The highest BCUT2D eigenvalue weighted by Crippen LogP contribution is 2.21. The Morgan fingerprint density at radius 1 is 1.12 bits per heavy atom. The average Bonchev–Trinajstić information content (AvgIpc) is 3.07. The lowest BCUT2D eigenvalue weighted by molar-refractivity contribution is 0.0635. The lowest BCUT2D eigenvalue weighted by Crippen LogP contribution is -2.27. The molecule has 3 heterocycles. The van der Waals surface area contributed by atoms with Crippen molar-refractivity contribution in [3.8, 4) is 11.3 Å². The number of anilines is 2. The summed E-state index contributed by atoms with van der Waals surface area (Å²) in [7, 11) is 1.60. The molecule has 0 aliphatic carbocycles. The predicted octanol–water partition coefficient (Wildman–Crippen LogP) is 2.58. The number of nitrogens with zero attached hydrogens (tertiary/aromatic N) is 4. The van der Waals surface area contributed by atoms with Crippen LogP contribution < -0.4 is 16.4 Å². The van der Waals surface area contributed by atoms with Crippen molar-refractivity contribution in [3.63, 3.8) is 0 Å². The summed E-state index contributed by atoms with van der Waals surface area (Å²) in [5.41, 5.74) is 6.00. The van der Waals surface area contributed by atoms with Gasteiger partial charge in [-0.1, -0.05) is 6.07 Å². The lowest BCUT2D eigenvalue weighted by Gasteiger charge is -2.19. The Morgan fingerprint density at radius 3 is 2.56 bits per heavy atom. The second-order valence-electron chi connectivity index (χ2n) is 7.85. The van der Waals surface area contributed by atoms with Gasteiger partial charge in [-0.3, -0.25) is 19.6 Å². The van der Waals surface area contributed by atoms with E-state index in [1.54, 1.807) is 52.1 Å². The minimum Gasteiger partial charge on any atom is -0.444 e. The normalized spacial score (nSPS) is 11.0. The van der Waals surface area contributed by atoms with Crippen LogP contribution >= 0.6 is 0 Å².